The number of nitrogens with two attached hydrogens (primary N) is 1. The molecule has 0 aliphatic carbocycles. The fourth-order valence-corrected chi connectivity index (χ4v) is 2.01. The summed E-state index contributed by atoms with van der Waals surface area (Å²) in [5, 5.41) is 2.83. The molecule has 1 aromatic rings. The van der Waals surface area contributed by atoms with Gasteiger partial charge in [-0.2, -0.15) is 11.8 Å². The second-order valence-corrected chi connectivity index (χ2v) is 4.62. The minimum Gasteiger partial charge on any atom is -0.495 e. The number of thioether (sulfide) groups is 1. The molecule has 1 amide bonds. The Balaban J connectivity index is 2.39. The summed E-state index contributed by atoms with van der Waals surface area (Å²) in [6, 6.07) is 7.37. The first-order valence-corrected chi connectivity index (χ1v) is 6.64. The van der Waals surface area contributed by atoms with Crippen LogP contribution in [-0.4, -0.2) is 31.1 Å². The first kappa shape index (κ1) is 13.9. The third kappa shape index (κ3) is 5.10. The lowest BCUT2D eigenvalue weighted by molar-refractivity contribution is -0.115. The predicted molar refractivity (Wildman–Crippen MR) is 72.6 cm³/mol. The standard InChI is InChI=1S/C12H18N2O2S/c1-16-11-5-3-2-4-10(11)14-12(15)6-8-17-9-7-13/h2-5H,6-9,13H2,1H3,(H,14,15). The molecule has 5 heteroatoms. The third-order valence-electron chi connectivity index (χ3n) is 2.12. The molecular formula is C12H18N2O2S. The third-order valence-corrected chi connectivity index (χ3v) is 3.13. The van der Waals surface area contributed by atoms with Crippen LogP contribution in [0.25, 0.3) is 0 Å². The Morgan fingerprint density at radius 3 is 2.88 bits per heavy atom. The normalized spacial score (nSPS) is 10.0. The van der Waals surface area contributed by atoms with Gasteiger partial charge in [0.05, 0.1) is 12.8 Å². The lowest BCUT2D eigenvalue weighted by atomic mass is 10.3. The minimum atomic E-state index is -0.000906. The van der Waals surface area contributed by atoms with Crippen molar-refractivity contribution in [3.05, 3.63) is 24.3 Å². The maximum atomic E-state index is 11.6. The molecule has 17 heavy (non-hydrogen) atoms. The van der Waals surface area contributed by atoms with Gasteiger partial charge < -0.3 is 15.8 Å². The largest absolute Gasteiger partial charge is 0.495 e. The van der Waals surface area contributed by atoms with E-state index in [0.717, 1.165) is 11.5 Å². The summed E-state index contributed by atoms with van der Waals surface area (Å²) in [5.41, 5.74) is 6.08. The Bertz CT molecular complexity index is 358. The fourth-order valence-electron chi connectivity index (χ4n) is 1.31. The van der Waals surface area contributed by atoms with E-state index >= 15 is 0 Å². The molecule has 94 valence electrons. The van der Waals surface area contributed by atoms with Crippen LogP contribution >= 0.6 is 11.8 Å². The van der Waals surface area contributed by atoms with E-state index in [9.17, 15) is 4.79 Å². The summed E-state index contributed by atoms with van der Waals surface area (Å²) in [6.45, 7) is 0.652. The van der Waals surface area contributed by atoms with Crippen LogP contribution < -0.4 is 15.8 Å². The number of carbonyl (C=O) groups excluding carboxylic acids is 1. The van der Waals surface area contributed by atoms with Crippen LogP contribution in [0.2, 0.25) is 0 Å². The van der Waals surface area contributed by atoms with Gasteiger partial charge in [-0.15, -0.1) is 0 Å². The van der Waals surface area contributed by atoms with Crippen LogP contribution in [0.4, 0.5) is 5.69 Å². The Hall–Kier alpha value is -1.20. The van der Waals surface area contributed by atoms with Crippen molar-refractivity contribution in [1.29, 1.82) is 0 Å². The molecule has 3 N–H and O–H groups in total. The summed E-state index contributed by atoms with van der Waals surface area (Å²) in [6.07, 6.45) is 0.489. The molecule has 0 aliphatic rings. The van der Waals surface area contributed by atoms with E-state index in [-0.39, 0.29) is 5.91 Å². The number of anilines is 1. The van der Waals surface area contributed by atoms with Gasteiger partial charge in [0.15, 0.2) is 0 Å². The van der Waals surface area contributed by atoms with E-state index in [1.807, 2.05) is 24.3 Å². The average Bonchev–Trinajstić information content (AvgIpc) is 2.35. The van der Waals surface area contributed by atoms with E-state index in [1.54, 1.807) is 18.9 Å². The molecule has 0 aliphatic heterocycles. The van der Waals surface area contributed by atoms with Gasteiger partial charge >= 0.3 is 0 Å². The van der Waals surface area contributed by atoms with Crippen molar-refractivity contribution < 1.29 is 9.53 Å². The van der Waals surface area contributed by atoms with Crippen molar-refractivity contribution in [3.8, 4) is 5.75 Å². The zero-order valence-electron chi connectivity index (χ0n) is 9.94. The summed E-state index contributed by atoms with van der Waals surface area (Å²) in [5.74, 6) is 2.36. The van der Waals surface area contributed by atoms with Gasteiger partial charge in [0.2, 0.25) is 5.91 Å². The van der Waals surface area contributed by atoms with E-state index in [1.165, 1.54) is 0 Å². The molecule has 0 aromatic heterocycles. The van der Waals surface area contributed by atoms with Gasteiger partial charge in [-0.05, 0) is 12.1 Å². The first-order valence-electron chi connectivity index (χ1n) is 5.48. The summed E-state index contributed by atoms with van der Waals surface area (Å²) in [4.78, 5) is 11.6. The number of carbonyl (C=O) groups is 1. The average molecular weight is 254 g/mol. The zero-order chi connectivity index (χ0) is 12.5. The van der Waals surface area contributed by atoms with Crippen LogP contribution in [-0.2, 0) is 4.79 Å². The highest BCUT2D eigenvalue weighted by molar-refractivity contribution is 7.99. The van der Waals surface area contributed by atoms with Crippen LogP contribution in [0.3, 0.4) is 0 Å². The second-order valence-electron chi connectivity index (χ2n) is 3.40. The van der Waals surface area contributed by atoms with Crippen molar-refractivity contribution in [2.24, 2.45) is 5.73 Å². The molecule has 1 aromatic carbocycles. The molecule has 0 spiro atoms. The van der Waals surface area contributed by atoms with Gasteiger partial charge in [-0.1, -0.05) is 12.1 Å². The molecule has 0 atom stereocenters. The molecule has 0 radical (unpaired) electrons. The number of hydrogen-bond acceptors (Lipinski definition) is 4. The smallest absolute Gasteiger partial charge is 0.225 e. The number of amides is 1. The summed E-state index contributed by atoms with van der Waals surface area (Å²) < 4.78 is 5.15. The molecule has 0 saturated heterocycles. The summed E-state index contributed by atoms with van der Waals surface area (Å²) in [7, 11) is 1.59. The van der Waals surface area contributed by atoms with Crippen molar-refractivity contribution in [2.75, 3.05) is 30.5 Å². The molecule has 4 nitrogen and oxygen atoms in total. The van der Waals surface area contributed by atoms with Crippen LogP contribution in [0.5, 0.6) is 5.75 Å². The minimum absolute atomic E-state index is 0.000906. The van der Waals surface area contributed by atoms with E-state index < -0.39 is 0 Å². The Labute approximate surface area is 106 Å². The van der Waals surface area contributed by atoms with Crippen LogP contribution in [0.15, 0.2) is 24.3 Å². The number of hydrogen-bond donors (Lipinski definition) is 2. The molecule has 0 saturated carbocycles. The summed E-state index contributed by atoms with van der Waals surface area (Å²) >= 11 is 1.69. The van der Waals surface area contributed by atoms with Crippen LogP contribution in [0, 0.1) is 0 Å². The number of rotatable bonds is 7. The zero-order valence-corrected chi connectivity index (χ0v) is 10.8. The van der Waals surface area contributed by atoms with Crippen molar-refractivity contribution in [2.45, 2.75) is 6.42 Å². The van der Waals surface area contributed by atoms with Gasteiger partial charge in [-0.25, -0.2) is 0 Å². The highest BCUT2D eigenvalue weighted by atomic mass is 32.2. The SMILES string of the molecule is COc1ccccc1NC(=O)CCSCCN. The monoisotopic (exact) mass is 254 g/mol. The molecule has 1 rings (SSSR count). The molecule has 0 fully saturated rings. The maximum Gasteiger partial charge on any atom is 0.225 e. The van der Waals surface area contributed by atoms with E-state index in [4.69, 9.17) is 10.5 Å². The highest BCUT2D eigenvalue weighted by Gasteiger charge is 2.06. The van der Waals surface area contributed by atoms with Crippen molar-refractivity contribution >= 4 is 23.4 Å². The number of nitrogens with one attached hydrogen (secondary N) is 1. The molecule has 0 heterocycles. The lowest BCUT2D eigenvalue weighted by Gasteiger charge is -2.09. The molecular weight excluding hydrogens is 236 g/mol. The van der Waals surface area contributed by atoms with Crippen molar-refractivity contribution in [1.82, 2.24) is 0 Å². The van der Waals surface area contributed by atoms with Crippen molar-refractivity contribution in [3.63, 3.8) is 0 Å². The maximum absolute atomic E-state index is 11.6. The van der Waals surface area contributed by atoms with E-state index in [2.05, 4.69) is 5.32 Å². The second kappa shape index (κ2) is 7.97. The van der Waals surface area contributed by atoms with Crippen LogP contribution in [0.1, 0.15) is 6.42 Å². The lowest BCUT2D eigenvalue weighted by Crippen LogP contribution is -2.13. The number of methoxy groups -OCH3 is 1. The topological polar surface area (TPSA) is 64.3 Å². The highest BCUT2D eigenvalue weighted by Crippen LogP contribution is 2.23. The quantitative estimate of drug-likeness (QED) is 0.727. The number of ether oxygens (including phenoxy) is 1. The van der Waals surface area contributed by atoms with E-state index in [0.29, 0.717) is 24.4 Å². The first-order chi connectivity index (χ1) is 8.27. The Morgan fingerprint density at radius 2 is 2.18 bits per heavy atom. The Morgan fingerprint density at radius 1 is 1.41 bits per heavy atom. The van der Waals surface area contributed by atoms with Gasteiger partial charge in [0.1, 0.15) is 5.75 Å². The predicted octanol–water partition coefficient (Wildman–Crippen LogP) is 1.72. The molecule has 0 bridgehead atoms. The fraction of sp³-hybridized carbons (Fsp3) is 0.417. The Kier molecular flexibility index (Phi) is 6.50. The van der Waals surface area contributed by atoms with Gasteiger partial charge in [-0.3, -0.25) is 4.79 Å². The van der Waals surface area contributed by atoms with Gasteiger partial charge in [0, 0.05) is 24.5 Å². The molecule has 0 unspecified atom stereocenters. The number of benzene rings is 1. The number of para-hydroxylation sites is 2. The van der Waals surface area contributed by atoms with Gasteiger partial charge in [0.25, 0.3) is 0 Å².